The minimum Gasteiger partial charge on any atom is -0.459 e. The fourth-order valence-electron chi connectivity index (χ4n) is 12.1. The quantitative estimate of drug-likeness (QED) is 0.143. The number of hydrogen-bond acceptors (Lipinski definition) is 18. The van der Waals surface area contributed by atoms with Gasteiger partial charge in [0, 0.05) is 69.6 Å². The summed E-state index contributed by atoms with van der Waals surface area (Å²) in [6.07, 6.45) is -4.93. The summed E-state index contributed by atoms with van der Waals surface area (Å²) < 4.78 is 62.3. The molecule has 0 aliphatic carbocycles. The van der Waals surface area contributed by atoms with Gasteiger partial charge in [0.1, 0.15) is 41.9 Å². The summed E-state index contributed by atoms with van der Waals surface area (Å²) in [5, 5.41) is 68.5. The van der Waals surface area contributed by atoms with E-state index in [0.29, 0.717) is 43.0 Å². The van der Waals surface area contributed by atoms with Crippen LogP contribution in [0.3, 0.4) is 0 Å². The second-order valence-electron chi connectivity index (χ2n) is 23.2. The summed E-state index contributed by atoms with van der Waals surface area (Å²) in [5.74, 6) is -3.37. The Morgan fingerprint density at radius 1 is 0.935 bits per heavy atom. The zero-order valence-electron chi connectivity index (χ0n) is 47.1. The Bertz CT molecular complexity index is 2410. The molecule has 0 bridgehead atoms. The van der Waals surface area contributed by atoms with E-state index in [-0.39, 0.29) is 38.3 Å². The number of likely N-dealkylation sites (N-methyl/N-ethyl adjacent to an activating group) is 2. The van der Waals surface area contributed by atoms with Crippen LogP contribution in [0.1, 0.15) is 101 Å². The number of benzene rings is 1. The first-order chi connectivity index (χ1) is 36.2. The fourth-order valence-corrected chi connectivity index (χ4v) is 12.1. The lowest BCUT2D eigenvalue weighted by molar-refractivity contribution is -0.318. The molecule has 19 atom stereocenters. The Kier molecular flexibility index (Phi) is 19.4. The van der Waals surface area contributed by atoms with E-state index in [1.165, 1.54) is 25.0 Å². The van der Waals surface area contributed by atoms with Crippen LogP contribution in [0.15, 0.2) is 48.9 Å². The summed E-state index contributed by atoms with van der Waals surface area (Å²) in [6.45, 7) is 18.7. The lowest BCUT2D eigenvalue weighted by Crippen LogP contribution is -2.61. The third kappa shape index (κ3) is 13.5. The van der Waals surface area contributed by atoms with Gasteiger partial charge in [-0.3, -0.25) is 9.69 Å². The third-order valence-electron chi connectivity index (χ3n) is 16.8. The van der Waals surface area contributed by atoms with E-state index in [0.717, 1.165) is 0 Å². The van der Waals surface area contributed by atoms with Crippen molar-refractivity contribution >= 4 is 17.7 Å². The van der Waals surface area contributed by atoms with Crippen molar-refractivity contribution in [1.29, 1.82) is 0 Å². The molecule has 4 fully saturated rings. The molecule has 0 saturated carbocycles. The van der Waals surface area contributed by atoms with Gasteiger partial charge in [0.05, 0.1) is 71.7 Å². The van der Waals surface area contributed by atoms with Gasteiger partial charge in [0.2, 0.25) is 0 Å². The molecule has 4 saturated heterocycles. The van der Waals surface area contributed by atoms with Crippen LogP contribution in [0.5, 0.6) is 0 Å². The molecule has 4 aliphatic heterocycles. The summed E-state index contributed by atoms with van der Waals surface area (Å²) in [5.41, 5.74) is -3.20. The monoisotopic (exact) mass is 1090 g/mol. The highest BCUT2D eigenvalue weighted by Crippen LogP contribution is 2.40. The van der Waals surface area contributed by atoms with Crippen LogP contribution in [-0.4, -0.2) is 204 Å². The number of anilines is 1. The third-order valence-corrected chi connectivity index (χ3v) is 16.8. The van der Waals surface area contributed by atoms with Crippen molar-refractivity contribution in [2.24, 2.45) is 17.8 Å². The molecule has 2 aromatic heterocycles. The van der Waals surface area contributed by atoms with E-state index in [1.807, 2.05) is 37.7 Å². The average molecular weight is 1090 g/mol. The van der Waals surface area contributed by atoms with Crippen molar-refractivity contribution in [1.82, 2.24) is 29.4 Å². The van der Waals surface area contributed by atoms with Gasteiger partial charge in [-0.15, -0.1) is 5.10 Å². The van der Waals surface area contributed by atoms with Crippen LogP contribution >= 0.6 is 0 Å². The van der Waals surface area contributed by atoms with Crippen LogP contribution < -0.4 is 4.90 Å². The van der Waals surface area contributed by atoms with Crippen LogP contribution in [0.25, 0.3) is 5.69 Å². The van der Waals surface area contributed by atoms with E-state index >= 15 is 4.39 Å². The van der Waals surface area contributed by atoms with Crippen molar-refractivity contribution < 1.29 is 72.7 Å². The van der Waals surface area contributed by atoms with Gasteiger partial charge < -0.3 is 73.1 Å². The van der Waals surface area contributed by atoms with Crippen molar-refractivity contribution in [3.05, 3.63) is 60.4 Å². The highest BCUT2D eigenvalue weighted by Gasteiger charge is 2.53. The molecule has 5 N–H and O–H groups in total. The molecular formula is C55H86FN7O14. The molecule has 1 aromatic carbocycles. The molecule has 6 heterocycles. The minimum atomic E-state index is -1.86. The molecule has 3 aromatic rings. The van der Waals surface area contributed by atoms with Gasteiger partial charge in [-0.25, -0.2) is 13.9 Å². The van der Waals surface area contributed by atoms with E-state index in [2.05, 4.69) is 10.3 Å². The van der Waals surface area contributed by atoms with Crippen molar-refractivity contribution in [2.75, 3.05) is 45.7 Å². The molecule has 2 unspecified atom stereocenters. The predicted molar refractivity (Wildman–Crippen MR) is 280 cm³/mol. The molecule has 21 nitrogen and oxygen atoms in total. The Hall–Kier alpha value is -4.17. The number of halogens is 1. The van der Waals surface area contributed by atoms with Gasteiger partial charge >= 0.3 is 12.1 Å². The number of cyclic esters (lactones) is 2. The Balaban J connectivity index is 1.08. The number of rotatable bonds is 14. The van der Waals surface area contributed by atoms with E-state index in [4.69, 9.17) is 33.2 Å². The fraction of sp³-hybridized carbons (Fsp3) is 0.745. The standard InChI is InChI=1S/C55H86FN7O14/c1-14-43-55(10,70)47(65)35(6)60(12)27-31(2)25-53(8,69)49(33(4)46(34(5)50(67)75-43)76-44-26-54(9,71-13)48(66)36(7)73-44)77-51-45(64)42(23-32(3)72-51)59(11)22-19-37-28-62(58-57-37)29-39-30-63(52(68)74-39)38-17-18-41(40(56)24-38)61-20-15-16-21-61/h15-18,20-21,24,28,31-36,39,42-49,51,64-66,69-70H,14,19,22-23,25-27,29-30H2,1-13H3/t31-,32-,33?,34-,35-,36+,39+,42+,43-,44+,45-,46+,47?,48+,49-,51+,53-,54-,55-/m1/s1. The normalized spacial score (nSPS) is 39.3. The molecule has 77 heavy (non-hydrogen) atoms. The Morgan fingerprint density at radius 2 is 1.64 bits per heavy atom. The summed E-state index contributed by atoms with van der Waals surface area (Å²) in [7, 11) is 5.21. The first kappa shape index (κ1) is 60.5. The Labute approximate surface area is 452 Å². The van der Waals surface area contributed by atoms with Crippen LogP contribution in [0.4, 0.5) is 14.9 Å². The molecule has 0 radical (unpaired) electrons. The predicted octanol–water partition coefficient (Wildman–Crippen LogP) is 4.06. The summed E-state index contributed by atoms with van der Waals surface area (Å²) in [6, 6.07) is 7.13. The number of methoxy groups -OCH3 is 1. The van der Waals surface area contributed by atoms with Gasteiger partial charge in [-0.1, -0.05) is 26.0 Å². The first-order valence-electron chi connectivity index (χ1n) is 27.2. The summed E-state index contributed by atoms with van der Waals surface area (Å²) >= 11 is 0. The van der Waals surface area contributed by atoms with Crippen LogP contribution in [-0.2, 0) is 50.9 Å². The van der Waals surface area contributed by atoms with Crippen molar-refractivity contribution in [3.63, 3.8) is 0 Å². The van der Waals surface area contributed by atoms with Crippen molar-refractivity contribution in [2.45, 2.75) is 204 Å². The number of esters is 1. The maximum Gasteiger partial charge on any atom is 0.414 e. The smallest absolute Gasteiger partial charge is 0.414 e. The van der Waals surface area contributed by atoms with Gasteiger partial charge in [-0.2, -0.15) is 0 Å². The average Bonchev–Trinajstić information content (AvgIpc) is 4.16. The number of aromatic nitrogens is 4. The number of amides is 1. The summed E-state index contributed by atoms with van der Waals surface area (Å²) in [4.78, 5) is 32.8. The van der Waals surface area contributed by atoms with E-state index in [9.17, 15) is 35.1 Å². The first-order valence-corrected chi connectivity index (χ1v) is 27.2. The lowest BCUT2D eigenvalue weighted by atomic mass is 9.77. The minimum absolute atomic E-state index is 0.0809. The topological polar surface area (TPSA) is 245 Å². The van der Waals surface area contributed by atoms with Crippen molar-refractivity contribution in [3.8, 4) is 5.69 Å². The number of carbonyl (C=O) groups is 2. The number of nitrogens with zero attached hydrogens (tertiary/aromatic N) is 7. The maximum atomic E-state index is 15.1. The number of carbonyl (C=O) groups excluding carboxylic acids is 2. The highest BCUT2D eigenvalue weighted by molar-refractivity contribution is 5.89. The largest absolute Gasteiger partial charge is 0.459 e. The molecule has 1 amide bonds. The molecule has 7 rings (SSSR count). The highest BCUT2D eigenvalue weighted by atomic mass is 19.1. The van der Waals surface area contributed by atoms with Gasteiger partial charge in [0.15, 0.2) is 12.6 Å². The number of hydrogen-bond donors (Lipinski definition) is 5. The van der Waals surface area contributed by atoms with Gasteiger partial charge in [0.25, 0.3) is 0 Å². The second-order valence-corrected chi connectivity index (χ2v) is 23.2. The second kappa shape index (κ2) is 24.7. The molecule has 4 aliphatic rings. The lowest BCUT2D eigenvalue weighted by Gasteiger charge is -2.49. The number of aliphatic hydroxyl groups is 5. The van der Waals surface area contributed by atoms with E-state index < -0.39 is 126 Å². The molecule has 22 heteroatoms. The Morgan fingerprint density at radius 3 is 2.30 bits per heavy atom. The number of aliphatic hydroxyl groups excluding tert-OH is 3. The molecule has 0 spiro atoms. The van der Waals surface area contributed by atoms with Gasteiger partial charge in [-0.05, 0) is 118 Å². The van der Waals surface area contributed by atoms with Crippen LogP contribution in [0, 0.1) is 23.6 Å². The zero-order chi connectivity index (χ0) is 56.5. The van der Waals surface area contributed by atoms with E-state index in [1.54, 1.807) is 101 Å². The number of ether oxygens (including phenoxy) is 7. The zero-order valence-corrected chi connectivity index (χ0v) is 47.1. The molecular weight excluding hydrogens is 1000 g/mol. The maximum absolute atomic E-state index is 15.1. The van der Waals surface area contributed by atoms with Crippen LogP contribution in [0.2, 0.25) is 0 Å². The molecule has 432 valence electrons. The SMILES string of the molecule is CC[C@H]1OC(=O)[C@H](C)[C@@H](O[C@H]2C[C@@](C)(OC)[C@@H](O)[C@H](C)O2)C(C)[C@@H](O[C@@H]2O[C@H](C)C[C@H](N(C)CCc3cn(C[C@H]4CN(c5ccc(-n6cccc6)c(F)c5)C(=O)O4)nn3)[C@H]2O)[C@](C)(O)C[C@@H](C)CN(C)[C@H](C)C(O)[C@]1(C)O.